The van der Waals surface area contributed by atoms with Crippen molar-refractivity contribution in [1.29, 1.82) is 0 Å². The highest BCUT2D eigenvalue weighted by Gasteiger charge is 2.28. The number of rotatable bonds is 1. The number of carboxylic acid groups (broad SMARTS) is 1. The lowest BCUT2D eigenvalue weighted by Crippen LogP contribution is -1.97. The summed E-state index contributed by atoms with van der Waals surface area (Å²) in [5.41, 5.74) is 0.655. The molecule has 2 rings (SSSR count). The lowest BCUT2D eigenvalue weighted by molar-refractivity contribution is 0.0702. The highest BCUT2D eigenvalue weighted by Crippen LogP contribution is 2.32. The van der Waals surface area contributed by atoms with Gasteiger partial charge in [-0.15, -0.1) is 11.3 Å². The summed E-state index contributed by atoms with van der Waals surface area (Å²) in [7, 11) is -2.99. The number of hydrogen-bond donors (Lipinski definition) is 1. The van der Waals surface area contributed by atoms with E-state index in [1.54, 1.807) is 0 Å². The first-order valence-electron chi connectivity index (χ1n) is 3.53. The van der Waals surface area contributed by atoms with E-state index in [-0.39, 0.29) is 16.4 Å². The van der Waals surface area contributed by atoms with Crippen molar-refractivity contribution < 1.29 is 18.3 Å². The van der Waals surface area contributed by atoms with Gasteiger partial charge in [0, 0.05) is 4.88 Å². The van der Waals surface area contributed by atoms with Crippen molar-refractivity contribution in [2.45, 2.75) is 11.5 Å². The van der Waals surface area contributed by atoms with Crippen LogP contribution < -0.4 is 0 Å². The van der Waals surface area contributed by atoms with Gasteiger partial charge in [0.05, 0.1) is 11.5 Å². The van der Waals surface area contributed by atoms with Gasteiger partial charge in [-0.25, -0.2) is 13.2 Å². The minimum absolute atomic E-state index is 0.000278. The number of carbonyl (C=O) groups is 1. The predicted molar refractivity (Wildman–Crippen MR) is 47.6 cm³/mol. The van der Waals surface area contributed by atoms with Crippen molar-refractivity contribution in [3.8, 4) is 0 Å². The van der Waals surface area contributed by atoms with Crippen LogP contribution in [0.25, 0.3) is 0 Å². The third-order valence-corrected chi connectivity index (χ3v) is 4.66. The predicted octanol–water partition coefficient (Wildman–Crippen LogP) is 0.875. The number of thiophene rings is 1. The monoisotopic (exact) mass is 218 g/mol. The Bertz CT molecular complexity index is 439. The molecule has 1 aromatic rings. The van der Waals surface area contributed by atoms with Crippen LogP contribution in [0.4, 0.5) is 0 Å². The smallest absolute Gasteiger partial charge is 0.345 e. The number of hydrogen-bond acceptors (Lipinski definition) is 4. The van der Waals surface area contributed by atoms with E-state index in [9.17, 15) is 13.2 Å². The molecular formula is C7H6O4S2. The van der Waals surface area contributed by atoms with E-state index in [1.165, 1.54) is 6.07 Å². The Hall–Kier alpha value is -0.880. The first-order chi connectivity index (χ1) is 5.98. The van der Waals surface area contributed by atoms with Crippen LogP contribution in [0.2, 0.25) is 0 Å². The normalized spacial score (nSPS) is 18.5. The standard InChI is InChI=1S/C7H6O4S2/c8-7(9)5-1-4-2-13(10,11)3-6(4)12-5/h1H,2-3H2,(H,8,9). The Kier molecular flexibility index (Phi) is 1.71. The Morgan fingerprint density at radius 2 is 2.15 bits per heavy atom. The first kappa shape index (κ1) is 8.71. The van der Waals surface area contributed by atoms with E-state index < -0.39 is 15.8 Å². The lowest BCUT2D eigenvalue weighted by Gasteiger charge is -1.89. The van der Waals surface area contributed by atoms with Gasteiger partial charge in [0.2, 0.25) is 0 Å². The molecule has 6 heteroatoms. The van der Waals surface area contributed by atoms with Crippen LogP contribution in [0, 0.1) is 0 Å². The van der Waals surface area contributed by atoms with E-state index in [2.05, 4.69) is 0 Å². The summed E-state index contributed by atoms with van der Waals surface area (Å²) in [4.78, 5) is 11.4. The summed E-state index contributed by atoms with van der Waals surface area (Å²) in [5, 5.41) is 8.63. The largest absolute Gasteiger partial charge is 0.477 e. The van der Waals surface area contributed by atoms with E-state index in [1.807, 2.05) is 0 Å². The van der Waals surface area contributed by atoms with Gasteiger partial charge in [-0.3, -0.25) is 0 Å². The van der Waals surface area contributed by atoms with Crippen LogP contribution in [0.15, 0.2) is 6.07 Å². The van der Waals surface area contributed by atoms with Crippen molar-refractivity contribution in [2.75, 3.05) is 0 Å². The molecule has 70 valence electrons. The summed E-state index contributed by atoms with van der Waals surface area (Å²) < 4.78 is 22.2. The van der Waals surface area contributed by atoms with Crippen LogP contribution in [0.3, 0.4) is 0 Å². The molecule has 0 aliphatic carbocycles. The van der Waals surface area contributed by atoms with Gasteiger partial charge in [-0.05, 0) is 11.6 Å². The maximum Gasteiger partial charge on any atom is 0.345 e. The highest BCUT2D eigenvalue weighted by molar-refractivity contribution is 7.90. The number of fused-ring (bicyclic) bond motifs is 1. The molecule has 0 atom stereocenters. The van der Waals surface area contributed by atoms with Gasteiger partial charge in [-0.2, -0.15) is 0 Å². The minimum Gasteiger partial charge on any atom is -0.477 e. The molecule has 0 amide bonds. The van der Waals surface area contributed by atoms with Gasteiger partial charge in [0.1, 0.15) is 4.88 Å². The average Bonchev–Trinajstić information content (AvgIpc) is 2.39. The summed E-state index contributed by atoms with van der Waals surface area (Å²) >= 11 is 1.05. The zero-order valence-electron chi connectivity index (χ0n) is 6.48. The fraction of sp³-hybridized carbons (Fsp3) is 0.286. The topological polar surface area (TPSA) is 71.4 Å². The van der Waals surface area contributed by atoms with Crippen molar-refractivity contribution in [3.05, 3.63) is 21.4 Å². The van der Waals surface area contributed by atoms with Gasteiger partial charge in [-0.1, -0.05) is 0 Å². The van der Waals surface area contributed by atoms with Crippen molar-refractivity contribution in [2.24, 2.45) is 0 Å². The Labute approximate surface area is 78.7 Å². The second kappa shape index (κ2) is 2.55. The van der Waals surface area contributed by atoms with Crippen molar-refractivity contribution in [3.63, 3.8) is 0 Å². The molecule has 0 unspecified atom stereocenters. The number of sulfone groups is 1. The fourth-order valence-electron chi connectivity index (χ4n) is 1.30. The summed E-state index contributed by atoms with van der Waals surface area (Å²) in [6, 6.07) is 1.45. The Morgan fingerprint density at radius 1 is 1.46 bits per heavy atom. The Morgan fingerprint density at radius 3 is 2.69 bits per heavy atom. The molecule has 2 heterocycles. The molecule has 0 spiro atoms. The second-order valence-electron chi connectivity index (χ2n) is 2.90. The quantitative estimate of drug-likeness (QED) is 0.759. The SMILES string of the molecule is O=C(O)c1cc2c(s1)CS(=O)(=O)C2. The molecule has 0 fully saturated rings. The van der Waals surface area contributed by atoms with Crippen molar-refractivity contribution >= 4 is 27.1 Å². The summed E-state index contributed by atoms with van der Waals surface area (Å²) in [6.45, 7) is 0. The molecule has 0 bridgehead atoms. The maximum atomic E-state index is 11.1. The summed E-state index contributed by atoms with van der Waals surface area (Å²) in [5.74, 6) is -0.997. The second-order valence-corrected chi connectivity index (χ2v) is 6.10. The molecule has 0 saturated heterocycles. The highest BCUT2D eigenvalue weighted by atomic mass is 32.2. The van der Waals surface area contributed by atoms with Crippen LogP contribution in [0.1, 0.15) is 20.1 Å². The van der Waals surface area contributed by atoms with Crippen LogP contribution in [0.5, 0.6) is 0 Å². The first-order valence-corrected chi connectivity index (χ1v) is 6.17. The molecule has 1 N–H and O–H groups in total. The minimum atomic E-state index is -2.99. The lowest BCUT2D eigenvalue weighted by atomic mass is 10.3. The fourth-order valence-corrected chi connectivity index (χ4v) is 4.40. The van der Waals surface area contributed by atoms with E-state index in [0.29, 0.717) is 10.4 Å². The van der Waals surface area contributed by atoms with Crippen LogP contribution >= 0.6 is 11.3 Å². The molecule has 1 aromatic heterocycles. The number of carboxylic acids is 1. The molecule has 0 radical (unpaired) electrons. The van der Waals surface area contributed by atoms with Crippen molar-refractivity contribution in [1.82, 2.24) is 0 Å². The van der Waals surface area contributed by atoms with E-state index in [4.69, 9.17) is 5.11 Å². The molecule has 4 nitrogen and oxygen atoms in total. The maximum absolute atomic E-state index is 11.1. The molecular weight excluding hydrogens is 212 g/mol. The zero-order valence-corrected chi connectivity index (χ0v) is 8.11. The van der Waals surface area contributed by atoms with Gasteiger partial charge in [0.15, 0.2) is 9.84 Å². The van der Waals surface area contributed by atoms with Crippen LogP contribution in [-0.4, -0.2) is 19.5 Å². The van der Waals surface area contributed by atoms with Gasteiger partial charge in [0.25, 0.3) is 0 Å². The third-order valence-electron chi connectivity index (χ3n) is 1.83. The van der Waals surface area contributed by atoms with Crippen LogP contribution in [-0.2, 0) is 21.3 Å². The molecule has 1 aliphatic heterocycles. The van der Waals surface area contributed by atoms with E-state index in [0.717, 1.165) is 11.3 Å². The Balaban J connectivity index is 2.45. The third kappa shape index (κ3) is 1.47. The van der Waals surface area contributed by atoms with Gasteiger partial charge < -0.3 is 5.11 Å². The molecule has 0 saturated carbocycles. The zero-order chi connectivity index (χ0) is 9.64. The molecule has 1 aliphatic rings. The molecule has 0 aromatic carbocycles. The molecule has 13 heavy (non-hydrogen) atoms. The summed E-state index contributed by atoms with van der Waals surface area (Å²) in [6.07, 6.45) is 0. The average molecular weight is 218 g/mol. The number of aromatic carboxylic acids is 1. The van der Waals surface area contributed by atoms with E-state index >= 15 is 0 Å². The van der Waals surface area contributed by atoms with Gasteiger partial charge >= 0.3 is 5.97 Å².